The Bertz CT molecular complexity index is 490. The number of hydrogen-bond acceptors (Lipinski definition) is 2. The average Bonchev–Trinajstić information content (AvgIpc) is 2.46. The van der Waals surface area contributed by atoms with Gasteiger partial charge in [-0.3, -0.25) is 0 Å². The number of rotatable bonds is 5. The fourth-order valence-electron chi connectivity index (χ4n) is 2.08. The van der Waals surface area contributed by atoms with Gasteiger partial charge in [-0.15, -0.1) is 0 Å². The van der Waals surface area contributed by atoms with Crippen molar-refractivity contribution in [1.29, 1.82) is 0 Å². The summed E-state index contributed by atoms with van der Waals surface area (Å²) in [5.74, 6) is 0.531. The molecule has 2 rings (SSSR count). The van der Waals surface area contributed by atoms with E-state index in [-0.39, 0.29) is 12.6 Å². The normalized spacial score (nSPS) is 12.4. The second-order valence-electron chi connectivity index (χ2n) is 5.07. The Kier molecular flexibility index (Phi) is 4.58. The van der Waals surface area contributed by atoms with E-state index in [4.69, 9.17) is 0 Å². The van der Waals surface area contributed by atoms with Gasteiger partial charge in [0.2, 0.25) is 0 Å². The van der Waals surface area contributed by atoms with Crippen molar-refractivity contribution >= 4 is 5.69 Å². The Labute approximate surface area is 115 Å². The molecule has 0 bridgehead atoms. The molecule has 2 N–H and O–H groups in total. The van der Waals surface area contributed by atoms with Gasteiger partial charge in [0.05, 0.1) is 12.6 Å². The summed E-state index contributed by atoms with van der Waals surface area (Å²) in [6.07, 6.45) is 0. The molecule has 0 amide bonds. The first-order valence-corrected chi connectivity index (χ1v) is 6.73. The van der Waals surface area contributed by atoms with Crippen molar-refractivity contribution < 1.29 is 5.11 Å². The number of para-hydroxylation sites is 1. The third-order valence-electron chi connectivity index (χ3n) is 3.30. The Hall–Kier alpha value is -1.80. The molecule has 2 nitrogen and oxygen atoms in total. The van der Waals surface area contributed by atoms with Crippen LogP contribution < -0.4 is 5.32 Å². The van der Waals surface area contributed by atoms with Crippen LogP contribution in [-0.4, -0.2) is 11.7 Å². The Morgan fingerprint density at radius 1 is 0.895 bits per heavy atom. The first kappa shape index (κ1) is 13.6. The summed E-state index contributed by atoms with van der Waals surface area (Å²) in [4.78, 5) is 0. The van der Waals surface area contributed by atoms with Crippen LogP contribution in [0, 0.1) is 0 Å². The molecule has 0 heterocycles. The van der Waals surface area contributed by atoms with Gasteiger partial charge >= 0.3 is 0 Å². The summed E-state index contributed by atoms with van der Waals surface area (Å²) in [5, 5.41) is 12.9. The monoisotopic (exact) mass is 255 g/mol. The topological polar surface area (TPSA) is 32.3 Å². The summed E-state index contributed by atoms with van der Waals surface area (Å²) in [5.41, 5.74) is 3.45. The van der Waals surface area contributed by atoms with Crippen LogP contribution in [0.4, 0.5) is 5.69 Å². The van der Waals surface area contributed by atoms with E-state index in [0.717, 1.165) is 11.3 Å². The standard InChI is InChI=1S/C17H21NO/c1-13(2)14-8-10-15(11-9-14)17(12-19)18-16-6-4-3-5-7-16/h3-11,13,17-19H,12H2,1-2H3. The highest BCUT2D eigenvalue weighted by Crippen LogP contribution is 2.21. The van der Waals surface area contributed by atoms with E-state index in [0.29, 0.717) is 5.92 Å². The predicted octanol–water partition coefficient (Wildman–Crippen LogP) is 3.96. The number of benzene rings is 2. The first-order chi connectivity index (χ1) is 9.20. The zero-order valence-electron chi connectivity index (χ0n) is 11.5. The maximum absolute atomic E-state index is 9.56. The molecule has 0 spiro atoms. The minimum absolute atomic E-state index is 0.0661. The molecule has 2 aromatic carbocycles. The van der Waals surface area contributed by atoms with Gasteiger partial charge in [0.25, 0.3) is 0 Å². The Morgan fingerprint density at radius 3 is 2.00 bits per heavy atom. The minimum Gasteiger partial charge on any atom is -0.394 e. The lowest BCUT2D eigenvalue weighted by Crippen LogP contribution is -2.14. The van der Waals surface area contributed by atoms with Gasteiger partial charge in [-0.25, -0.2) is 0 Å². The van der Waals surface area contributed by atoms with Crippen LogP contribution in [0.25, 0.3) is 0 Å². The number of aliphatic hydroxyl groups is 1. The molecule has 0 aliphatic carbocycles. The molecule has 0 fully saturated rings. The molecule has 19 heavy (non-hydrogen) atoms. The Balaban J connectivity index is 2.13. The molecular weight excluding hydrogens is 234 g/mol. The zero-order chi connectivity index (χ0) is 13.7. The molecular formula is C17H21NO. The van der Waals surface area contributed by atoms with Gasteiger partial charge in [-0.2, -0.15) is 0 Å². The van der Waals surface area contributed by atoms with Gasteiger partial charge in [-0.1, -0.05) is 56.3 Å². The molecule has 0 aliphatic rings. The largest absolute Gasteiger partial charge is 0.394 e. The summed E-state index contributed by atoms with van der Waals surface area (Å²) >= 11 is 0. The maximum atomic E-state index is 9.56. The van der Waals surface area contributed by atoms with E-state index in [2.05, 4.69) is 43.4 Å². The molecule has 2 heteroatoms. The number of hydrogen-bond donors (Lipinski definition) is 2. The molecule has 0 saturated heterocycles. The van der Waals surface area contributed by atoms with E-state index in [9.17, 15) is 5.11 Å². The molecule has 2 aromatic rings. The summed E-state index contributed by atoms with van der Waals surface area (Å²) in [6, 6.07) is 18.3. The number of nitrogens with one attached hydrogen (secondary N) is 1. The van der Waals surface area contributed by atoms with Crippen molar-refractivity contribution in [2.45, 2.75) is 25.8 Å². The van der Waals surface area contributed by atoms with Crippen molar-refractivity contribution in [3.63, 3.8) is 0 Å². The SMILES string of the molecule is CC(C)c1ccc(C(CO)Nc2ccccc2)cc1. The molecule has 0 saturated carbocycles. The highest BCUT2D eigenvalue weighted by Gasteiger charge is 2.10. The first-order valence-electron chi connectivity index (χ1n) is 6.73. The van der Waals surface area contributed by atoms with Gasteiger partial charge in [0, 0.05) is 5.69 Å². The van der Waals surface area contributed by atoms with Crippen LogP contribution >= 0.6 is 0 Å². The summed E-state index contributed by atoms with van der Waals surface area (Å²) in [6.45, 7) is 4.44. The van der Waals surface area contributed by atoms with Crippen LogP contribution in [0.2, 0.25) is 0 Å². The molecule has 0 aliphatic heterocycles. The number of anilines is 1. The van der Waals surface area contributed by atoms with E-state index in [1.54, 1.807) is 0 Å². The fraction of sp³-hybridized carbons (Fsp3) is 0.294. The Morgan fingerprint density at radius 2 is 1.47 bits per heavy atom. The average molecular weight is 255 g/mol. The van der Waals surface area contributed by atoms with E-state index in [1.807, 2.05) is 30.3 Å². The molecule has 100 valence electrons. The lowest BCUT2D eigenvalue weighted by molar-refractivity contribution is 0.276. The van der Waals surface area contributed by atoms with Gasteiger partial charge in [0.1, 0.15) is 0 Å². The predicted molar refractivity (Wildman–Crippen MR) is 80.4 cm³/mol. The van der Waals surface area contributed by atoms with Crippen LogP contribution in [0.15, 0.2) is 54.6 Å². The van der Waals surface area contributed by atoms with Crippen molar-refractivity contribution in [2.75, 3.05) is 11.9 Å². The second kappa shape index (κ2) is 6.39. The van der Waals surface area contributed by atoms with Crippen LogP contribution in [-0.2, 0) is 0 Å². The van der Waals surface area contributed by atoms with E-state index >= 15 is 0 Å². The van der Waals surface area contributed by atoms with Gasteiger partial charge < -0.3 is 10.4 Å². The third-order valence-corrected chi connectivity index (χ3v) is 3.30. The lowest BCUT2D eigenvalue weighted by Gasteiger charge is -2.18. The highest BCUT2D eigenvalue weighted by atomic mass is 16.3. The quantitative estimate of drug-likeness (QED) is 0.847. The van der Waals surface area contributed by atoms with Crippen molar-refractivity contribution in [3.05, 3.63) is 65.7 Å². The lowest BCUT2D eigenvalue weighted by atomic mass is 9.99. The van der Waals surface area contributed by atoms with Crippen molar-refractivity contribution in [2.24, 2.45) is 0 Å². The summed E-state index contributed by atoms with van der Waals surface area (Å²) in [7, 11) is 0. The molecule has 1 unspecified atom stereocenters. The third kappa shape index (κ3) is 3.58. The van der Waals surface area contributed by atoms with Crippen molar-refractivity contribution in [3.8, 4) is 0 Å². The number of aliphatic hydroxyl groups excluding tert-OH is 1. The smallest absolute Gasteiger partial charge is 0.0745 e. The van der Waals surface area contributed by atoms with Crippen LogP contribution in [0.5, 0.6) is 0 Å². The van der Waals surface area contributed by atoms with E-state index < -0.39 is 0 Å². The highest BCUT2D eigenvalue weighted by molar-refractivity contribution is 5.45. The summed E-state index contributed by atoms with van der Waals surface area (Å²) < 4.78 is 0. The molecule has 0 aromatic heterocycles. The van der Waals surface area contributed by atoms with Crippen molar-refractivity contribution in [1.82, 2.24) is 0 Å². The minimum atomic E-state index is -0.0661. The van der Waals surface area contributed by atoms with Gasteiger partial charge in [-0.05, 0) is 29.2 Å². The molecule has 1 atom stereocenters. The fourth-order valence-corrected chi connectivity index (χ4v) is 2.08. The zero-order valence-corrected chi connectivity index (χ0v) is 11.5. The van der Waals surface area contributed by atoms with E-state index in [1.165, 1.54) is 5.56 Å². The van der Waals surface area contributed by atoms with Crippen LogP contribution in [0.1, 0.15) is 36.9 Å². The second-order valence-corrected chi connectivity index (χ2v) is 5.07. The van der Waals surface area contributed by atoms with Gasteiger partial charge in [0.15, 0.2) is 0 Å². The van der Waals surface area contributed by atoms with Crippen LogP contribution in [0.3, 0.4) is 0 Å². The molecule has 0 radical (unpaired) electrons. The maximum Gasteiger partial charge on any atom is 0.0745 e.